The van der Waals surface area contributed by atoms with Crippen LogP contribution in [0.4, 0.5) is 5.82 Å². The second-order valence-electron chi connectivity index (χ2n) is 10.2. The predicted molar refractivity (Wildman–Crippen MR) is 140 cm³/mol. The average Bonchev–Trinajstić information content (AvgIpc) is 3.08. The molecule has 1 aliphatic heterocycles. The fourth-order valence-electron chi connectivity index (χ4n) is 4.88. The Kier molecular flexibility index (Phi) is 8.08. The second kappa shape index (κ2) is 11.4. The summed E-state index contributed by atoms with van der Waals surface area (Å²) in [6, 6.07) is 5.38. The molecule has 0 spiro atoms. The number of allylic oxidation sites excluding steroid dienone is 5. The van der Waals surface area contributed by atoms with Crippen molar-refractivity contribution < 1.29 is 4.79 Å². The highest BCUT2D eigenvalue weighted by atomic mass is 16.1. The summed E-state index contributed by atoms with van der Waals surface area (Å²) in [4.78, 5) is 28.0. The molecule has 1 aliphatic carbocycles. The van der Waals surface area contributed by atoms with E-state index >= 15 is 0 Å². The lowest BCUT2D eigenvalue weighted by atomic mass is 9.70. The summed E-state index contributed by atoms with van der Waals surface area (Å²) in [5.74, 6) is 1.08. The number of anilines is 1. The third kappa shape index (κ3) is 6.85. The number of likely N-dealkylation sites (tertiary alicyclic amines) is 1. The molecule has 7 heteroatoms. The van der Waals surface area contributed by atoms with E-state index in [0.717, 1.165) is 30.2 Å². The number of pyridine rings is 1. The fourth-order valence-corrected chi connectivity index (χ4v) is 4.88. The van der Waals surface area contributed by atoms with Gasteiger partial charge in [-0.05, 0) is 81.4 Å². The Hall–Kier alpha value is -3.32. The van der Waals surface area contributed by atoms with E-state index in [2.05, 4.69) is 69.6 Å². The first-order valence-corrected chi connectivity index (χ1v) is 12.4. The summed E-state index contributed by atoms with van der Waals surface area (Å²) < 4.78 is 0. The molecule has 2 aromatic rings. The number of nitrogens with one attached hydrogen (secondary N) is 2. The molecule has 0 bridgehead atoms. The number of aromatic nitrogens is 3. The highest BCUT2D eigenvalue weighted by Crippen LogP contribution is 2.40. The lowest BCUT2D eigenvalue weighted by Crippen LogP contribution is -2.37. The molecule has 2 aliphatic rings. The molecule has 1 amide bonds. The van der Waals surface area contributed by atoms with Crippen molar-refractivity contribution in [3.63, 3.8) is 0 Å². The van der Waals surface area contributed by atoms with E-state index in [-0.39, 0.29) is 11.3 Å². The van der Waals surface area contributed by atoms with Crippen molar-refractivity contribution in [1.29, 1.82) is 0 Å². The minimum Gasteiger partial charge on any atom is -0.364 e. The Labute approximate surface area is 208 Å². The van der Waals surface area contributed by atoms with Gasteiger partial charge in [-0.1, -0.05) is 37.6 Å². The van der Waals surface area contributed by atoms with Crippen molar-refractivity contribution in [2.45, 2.75) is 46.1 Å². The molecule has 184 valence electrons. The minimum atomic E-state index is -0.186. The lowest BCUT2D eigenvalue weighted by molar-refractivity contribution is 0.0967. The van der Waals surface area contributed by atoms with E-state index in [1.807, 2.05) is 12.1 Å². The Morgan fingerprint density at radius 2 is 1.94 bits per heavy atom. The molecule has 1 saturated heterocycles. The van der Waals surface area contributed by atoms with Gasteiger partial charge in [0.05, 0.1) is 17.8 Å². The van der Waals surface area contributed by atoms with Gasteiger partial charge in [0, 0.05) is 18.1 Å². The van der Waals surface area contributed by atoms with Crippen LogP contribution in [0.25, 0.3) is 0 Å². The van der Waals surface area contributed by atoms with Crippen LogP contribution in [0, 0.1) is 11.3 Å². The van der Waals surface area contributed by atoms with E-state index in [4.69, 9.17) is 0 Å². The molecule has 1 fully saturated rings. The molecule has 0 saturated carbocycles. The van der Waals surface area contributed by atoms with E-state index in [9.17, 15) is 4.79 Å². The zero-order valence-electron chi connectivity index (χ0n) is 21.0. The average molecular weight is 473 g/mol. The van der Waals surface area contributed by atoms with E-state index < -0.39 is 0 Å². The van der Waals surface area contributed by atoms with Crippen LogP contribution in [-0.4, -0.2) is 45.9 Å². The number of nitrogens with zero attached hydrogens (tertiary/aromatic N) is 4. The van der Waals surface area contributed by atoms with Crippen molar-refractivity contribution in [3.8, 4) is 0 Å². The van der Waals surface area contributed by atoms with Crippen molar-refractivity contribution in [3.05, 3.63) is 83.8 Å². The van der Waals surface area contributed by atoms with E-state index in [0.29, 0.717) is 17.9 Å². The molecule has 7 nitrogen and oxygen atoms in total. The Balaban J connectivity index is 1.35. The van der Waals surface area contributed by atoms with Crippen molar-refractivity contribution in [1.82, 2.24) is 25.2 Å². The molecule has 35 heavy (non-hydrogen) atoms. The number of rotatable bonds is 8. The molecule has 0 aromatic carbocycles. The maximum Gasteiger partial charge on any atom is 0.259 e. The Morgan fingerprint density at radius 1 is 1.11 bits per heavy atom. The molecule has 2 N–H and O–H groups in total. The van der Waals surface area contributed by atoms with E-state index in [1.54, 1.807) is 24.5 Å². The van der Waals surface area contributed by atoms with Gasteiger partial charge in [0.25, 0.3) is 5.91 Å². The van der Waals surface area contributed by atoms with E-state index in [1.165, 1.54) is 37.8 Å². The van der Waals surface area contributed by atoms with Crippen LogP contribution in [0.5, 0.6) is 0 Å². The molecule has 2 aromatic heterocycles. The zero-order chi connectivity index (χ0) is 24.7. The van der Waals surface area contributed by atoms with Gasteiger partial charge in [-0.25, -0.2) is 15.0 Å². The van der Waals surface area contributed by atoms with Crippen LogP contribution in [0.3, 0.4) is 0 Å². The number of hydrogen-bond acceptors (Lipinski definition) is 6. The number of carbonyl (C=O) groups excluding carboxylic acids is 1. The van der Waals surface area contributed by atoms with Gasteiger partial charge in [-0.3, -0.25) is 4.79 Å². The van der Waals surface area contributed by atoms with Gasteiger partial charge >= 0.3 is 0 Å². The van der Waals surface area contributed by atoms with Gasteiger partial charge in [0.2, 0.25) is 0 Å². The molecular weight excluding hydrogens is 436 g/mol. The van der Waals surface area contributed by atoms with Crippen LogP contribution in [0.15, 0.2) is 72.5 Å². The summed E-state index contributed by atoms with van der Waals surface area (Å²) in [6.07, 6.45) is 17.8. The van der Waals surface area contributed by atoms with Crippen LogP contribution >= 0.6 is 0 Å². The maximum atomic E-state index is 13.1. The summed E-state index contributed by atoms with van der Waals surface area (Å²) in [5.41, 5.74) is 3.72. The molecule has 4 rings (SSSR count). The topological polar surface area (TPSA) is 83.0 Å². The first kappa shape index (κ1) is 24.8. The first-order valence-electron chi connectivity index (χ1n) is 12.4. The standard InChI is InChI=1S/C28H36N6O/c1-28(2,22-12-16-34(3)17-13-22)18-21-6-4-7-23(10-9-21)33-27(35)25-8-5-14-30-26(25)31-19-24-11-15-29-20-32-24/h5-11,14-15,20,22H,4,12-13,16-19H2,1-3H3,(H,30,31)(H,33,35). The van der Waals surface area contributed by atoms with Crippen LogP contribution in [-0.2, 0) is 6.54 Å². The summed E-state index contributed by atoms with van der Waals surface area (Å²) in [6.45, 7) is 7.63. The summed E-state index contributed by atoms with van der Waals surface area (Å²) in [5, 5.41) is 6.27. The van der Waals surface area contributed by atoms with Gasteiger partial charge in [-0.2, -0.15) is 0 Å². The molecular formula is C28H36N6O. The number of carbonyl (C=O) groups is 1. The summed E-state index contributed by atoms with van der Waals surface area (Å²) in [7, 11) is 2.21. The minimum absolute atomic E-state index is 0.186. The second-order valence-corrected chi connectivity index (χ2v) is 10.2. The largest absolute Gasteiger partial charge is 0.364 e. The quantitative estimate of drug-likeness (QED) is 0.577. The first-order chi connectivity index (χ1) is 16.9. The highest BCUT2D eigenvalue weighted by Gasteiger charge is 2.32. The maximum absolute atomic E-state index is 13.1. The summed E-state index contributed by atoms with van der Waals surface area (Å²) >= 11 is 0. The van der Waals surface area contributed by atoms with Gasteiger partial charge in [-0.15, -0.1) is 0 Å². The van der Waals surface area contributed by atoms with Gasteiger partial charge in [0.15, 0.2) is 0 Å². The normalized spacial score (nSPS) is 17.3. The highest BCUT2D eigenvalue weighted by molar-refractivity contribution is 5.99. The number of hydrogen-bond donors (Lipinski definition) is 2. The molecule has 0 unspecified atom stereocenters. The smallest absolute Gasteiger partial charge is 0.259 e. The molecule has 3 heterocycles. The lowest BCUT2D eigenvalue weighted by Gasteiger charge is -2.40. The number of piperidine rings is 1. The van der Waals surface area contributed by atoms with Crippen molar-refractivity contribution >= 4 is 11.7 Å². The van der Waals surface area contributed by atoms with Crippen LogP contribution in [0.2, 0.25) is 0 Å². The number of amides is 1. The predicted octanol–water partition coefficient (Wildman–Crippen LogP) is 4.74. The van der Waals surface area contributed by atoms with Gasteiger partial charge in [0.1, 0.15) is 12.1 Å². The monoisotopic (exact) mass is 472 g/mol. The van der Waals surface area contributed by atoms with Crippen molar-refractivity contribution in [2.24, 2.45) is 11.3 Å². The molecule has 0 atom stereocenters. The zero-order valence-corrected chi connectivity index (χ0v) is 21.0. The Morgan fingerprint density at radius 3 is 2.71 bits per heavy atom. The van der Waals surface area contributed by atoms with Crippen molar-refractivity contribution in [2.75, 3.05) is 25.5 Å². The van der Waals surface area contributed by atoms with Gasteiger partial charge < -0.3 is 15.5 Å². The third-order valence-corrected chi connectivity index (χ3v) is 7.07. The SMILES string of the molecule is CN1CCC(C(C)(C)CC2=CCC=C(NC(=O)c3cccnc3NCc3ccncn3)C=C2)CC1. The fraction of sp³-hybridized carbons (Fsp3) is 0.429. The molecule has 0 radical (unpaired) electrons. The van der Waals surface area contributed by atoms with Crippen LogP contribution in [0.1, 0.15) is 55.6 Å². The third-order valence-electron chi connectivity index (χ3n) is 7.07. The Bertz CT molecular complexity index is 1100. The van der Waals surface area contributed by atoms with Crippen LogP contribution < -0.4 is 10.6 Å².